The highest BCUT2D eigenvalue weighted by molar-refractivity contribution is 7.09. The molecule has 16 heavy (non-hydrogen) atoms. The summed E-state index contributed by atoms with van der Waals surface area (Å²) in [5, 5.41) is 0.950. The Morgan fingerprint density at radius 1 is 1.25 bits per heavy atom. The monoisotopic (exact) mass is 256 g/mol. The van der Waals surface area contributed by atoms with E-state index < -0.39 is 0 Å². The highest BCUT2D eigenvalue weighted by Crippen LogP contribution is 2.34. The maximum absolute atomic E-state index is 5.70. The molecule has 2 rings (SSSR count). The summed E-state index contributed by atoms with van der Waals surface area (Å²) in [7, 11) is 3.21. The van der Waals surface area contributed by atoms with E-state index in [4.69, 9.17) is 21.1 Å². The number of aromatic nitrogens is 2. The molecule has 0 bridgehead atoms. The van der Waals surface area contributed by atoms with Crippen LogP contribution in [0.25, 0.3) is 10.6 Å². The number of nitrogens with zero attached hydrogens (tertiary/aromatic N) is 2. The number of hydrogen-bond acceptors (Lipinski definition) is 5. The van der Waals surface area contributed by atoms with E-state index in [9.17, 15) is 0 Å². The molecule has 6 heteroatoms. The molecule has 84 valence electrons. The van der Waals surface area contributed by atoms with Gasteiger partial charge in [-0.15, -0.1) is 0 Å². The number of benzene rings is 1. The fourth-order valence-electron chi connectivity index (χ4n) is 1.30. The zero-order valence-corrected chi connectivity index (χ0v) is 10.3. The second kappa shape index (κ2) is 4.67. The average Bonchev–Trinajstić information content (AvgIpc) is 2.75. The van der Waals surface area contributed by atoms with E-state index in [0.717, 1.165) is 11.3 Å². The molecule has 0 aliphatic heterocycles. The van der Waals surface area contributed by atoms with Crippen LogP contribution in [0.5, 0.6) is 11.5 Å². The molecule has 1 heterocycles. The molecule has 0 N–H and O–H groups in total. The van der Waals surface area contributed by atoms with Gasteiger partial charge in [0.05, 0.1) is 19.8 Å². The van der Waals surface area contributed by atoms with Crippen molar-refractivity contribution in [1.29, 1.82) is 0 Å². The Balaban J connectivity index is 2.52. The second-order valence-corrected chi connectivity index (χ2v) is 4.02. The molecule has 0 atom stereocenters. The number of rotatable bonds is 3. The molecule has 0 aliphatic carbocycles. The van der Waals surface area contributed by atoms with E-state index in [1.54, 1.807) is 14.2 Å². The smallest absolute Gasteiger partial charge is 0.234 e. The van der Waals surface area contributed by atoms with Gasteiger partial charge in [0, 0.05) is 0 Å². The minimum absolute atomic E-state index is 0.241. The maximum Gasteiger partial charge on any atom is 0.234 e. The van der Waals surface area contributed by atoms with Gasteiger partial charge in [0.25, 0.3) is 0 Å². The topological polar surface area (TPSA) is 44.2 Å². The van der Waals surface area contributed by atoms with Gasteiger partial charge < -0.3 is 9.47 Å². The molecule has 0 amide bonds. The molecule has 0 saturated heterocycles. The van der Waals surface area contributed by atoms with E-state index in [2.05, 4.69) is 9.36 Å². The maximum atomic E-state index is 5.70. The zero-order chi connectivity index (χ0) is 11.5. The molecule has 4 nitrogen and oxygen atoms in total. The van der Waals surface area contributed by atoms with Crippen molar-refractivity contribution >= 4 is 23.1 Å². The summed E-state index contributed by atoms with van der Waals surface area (Å²) < 4.78 is 14.3. The Hall–Kier alpha value is -1.33. The lowest BCUT2D eigenvalue weighted by atomic mass is 10.2. The van der Waals surface area contributed by atoms with Crippen molar-refractivity contribution in [3.05, 3.63) is 23.5 Å². The third-order valence-corrected chi connectivity index (χ3v) is 3.06. The van der Waals surface area contributed by atoms with E-state index in [1.807, 2.05) is 18.2 Å². The summed E-state index contributed by atoms with van der Waals surface area (Å²) in [4.78, 5) is 4.10. The fourth-order valence-corrected chi connectivity index (χ4v) is 2.12. The van der Waals surface area contributed by atoms with Crippen LogP contribution in [0.4, 0.5) is 0 Å². The van der Waals surface area contributed by atoms with Crippen LogP contribution >= 0.6 is 23.1 Å². The Labute approximate surface area is 102 Å². The molecular weight excluding hydrogens is 248 g/mol. The Morgan fingerprint density at radius 2 is 2.06 bits per heavy atom. The SMILES string of the molecule is COc1ccc(OC)c(-c2nc(Cl)ns2)c1. The molecule has 2 aromatic rings. The highest BCUT2D eigenvalue weighted by atomic mass is 35.5. The summed E-state index contributed by atoms with van der Waals surface area (Å²) in [6.45, 7) is 0. The number of halogens is 1. The predicted molar refractivity (Wildman–Crippen MR) is 63.5 cm³/mol. The zero-order valence-electron chi connectivity index (χ0n) is 8.73. The summed E-state index contributed by atoms with van der Waals surface area (Å²) in [6.07, 6.45) is 0. The van der Waals surface area contributed by atoms with Crippen LogP contribution in [0.15, 0.2) is 18.2 Å². The number of hydrogen-bond donors (Lipinski definition) is 0. The first-order valence-electron chi connectivity index (χ1n) is 4.46. The Bertz CT molecular complexity index is 501. The van der Waals surface area contributed by atoms with Gasteiger partial charge in [0.1, 0.15) is 16.5 Å². The first-order chi connectivity index (χ1) is 7.74. The van der Waals surface area contributed by atoms with Crippen molar-refractivity contribution < 1.29 is 9.47 Å². The second-order valence-electron chi connectivity index (χ2n) is 2.93. The summed E-state index contributed by atoms with van der Waals surface area (Å²) in [5.41, 5.74) is 0.825. The highest BCUT2D eigenvalue weighted by Gasteiger charge is 2.12. The van der Waals surface area contributed by atoms with Crippen molar-refractivity contribution in [2.45, 2.75) is 0 Å². The molecule has 0 aliphatic rings. The number of ether oxygens (including phenoxy) is 2. The lowest BCUT2D eigenvalue weighted by Gasteiger charge is -2.07. The van der Waals surface area contributed by atoms with Crippen LogP contribution < -0.4 is 9.47 Å². The molecule has 1 aromatic heterocycles. The molecule has 0 saturated carbocycles. The third kappa shape index (κ3) is 2.10. The molecule has 0 spiro atoms. The van der Waals surface area contributed by atoms with Gasteiger partial charge in [-0.25, -0.2) is 4.98 Å². The van der Waals surface area contributed by atoms with Gasteiger partial charge in [0.2, 0.25) is 5.28 Å². The largest absolute Gasteiger partial charge is 0.497 e. The first-order valence-corrected chi connectivity index (χ1v) is 5.61. The average molecular weight is 257 g/mol. The Kier molecular flexibility index (Phi) is 3.26. The van der Waals surface area contributed by atoms with E-state index in [-0.39, 0.29) is 5.28 Å². The predicted octanol–water partition coefficient (Wildman–Crippen LogP) is 2.88. The molecule has 0 fully saturated rings. The quantitative estimate of drug-likeness (QED) is 0.847. The minimum atomic E-state index is 0.241. The summed E-state index contributed by atoms with van der Waals surface area (Å²) >= 11 is 6.92. The van der Waals surface area contributed by atoms with Gasteiger partial charge in [0.15, 0.2) is 0 Å². The van der Waals surface area contributed by atoms with Crippen LogP contribution in [-0.4, -0.2) is 23.6 Å². The minimum Gasteiger partial charge on any atom is -0.497 e. The van der Waals surface area contributed by atoms with Gasteiger partial charge in [-0.2, -0.15) is 4.37 Å². The normalized spacial score (nSPS) is 10.2. The van der Waals surface area contributed by atoms with Crippen molar-refractivity contribution in [2.24, 2.45) is 0 Å². The van der Waals surface area contributed by atoms with Crippen LogP contribution in [0.1, 0.15) is 0 Å². The van der Waals surface area contributed by atoms with Crippen LogP contribution in [0.3, 0.4) is 0 Å². The van der Waals surface area contributed by atoms with Crippen LogP contribution in [-0.2, 0) is 0 Å². The lowest BCUT2D eigenvalue weighted by molar-refractivity contribution is 0.404. The molecule has 0 unspecified atom stereocenters. The summed E-state index contributed by atoms with van der Waals surface area (Å²) in [5.74, 6) is 1.45. The van der Waals surface area contributed by atoms with Crippen LogP contribution in [0.2, 0.25) is 5.28 Å². The third-order valence-electron chi connectivity index (χ3n) is 2.04. The van der Waals surface area contributed by atoms with Gasteiger partial charge in [-0.3, -0.25) is 0 Å². The van der Waals surface area contributed by atoms with Crippen molar-refractivity contribution in [1.82, 2.24) is 9.36 Å². The van der Waals surface area contributed by atoms with E-state index in [0.29, 0.717) is 10.8 Å². The Morgan fingerprint density at radius 3 is 2.62 bits per heavy atom. The molecule has 1 aromatic carbocycles. The summed E-state index contributed by atoms with van der Waals surface area (Å²) in [6, 6.07) is 5.49. The molecular formula is C10H9ClN2O2S. The van der Waals surface area contributed by atoms with Gasteiger partial charge in [-0.05, 0) is 41.3 Å². The van der Waals surface area contributed by atoms with Gasteiger partial charge in [-0.1, -0.05) is 0 Å². The van der Waals surface area contributed by atoms with Crippen molar-refractivity contribution in [3.8, 4) is 22.1 Å². The van der Waals surface area contributed by atoms with E-state index in [1.165, 1.54) is 11.5 Å². The fraction of sp³-hybridized carbons (Fsp3) is 0.200. The standard InChI is InChI=1S/C10H9ClN2O2S/c1-14-6-3-4-8(15-2)7(5-6)9-12-10(11)13-16-9/h3-5H,1-2H3. The first kappa shape index (κ1) is 11.2. The van der Waals surface area contributed by atoms with Crippen LogP contribution in [0, 0.1) is 0 Å². The van der Waals surface area contributed by atoms with Crippen molar-refractivity contribution in [2.75, 3.05) is 14.2 Å². The number of methoxy groups -OCH3 is 2. The van der Waals surface area contributed by atoms with Crippen molar-refractivity contribution in [3.63, 3.8) is 0 Å². The van der Waals surface area contributed by atoms with Gasteiger partial charge >= 0.3 is 0 Å². The lowest BCUT2D eigenvalue weighted by Crippen LogP contribution is -1.89. The van der Waals surface area contributed by atoms with E-state index >= 15 is 0 Å². The molecule has 0 radical (unpaired) electrons.